The van der Waals surface area contributed by atoms with Crippen LogP contribution < -0.4 is 10.6 Å². The van der Waals surface area contributed by atoms with Crippen molar-refractivity contribution in [3.8, 4) is 12.3 Å². The van der Waals surface area contributed by atoms with Crippen LogP contribution in [0.25, 0.3) is 0 Å². The van der Waals surface area contributed by atoms with Crippen LogP contribution in [0.4, 0.5) is 10.5 Å². The van der Waals surface area contributed by atoms with Crippen LogP contribution in [-0.4, -0.2) is 40.0 Å². The fourth-order valence-electron chi connectivity index (χ4n) is 4.98. The lowest BCUT2D eigenvalue weighted by Gasteiger charge is -2.43. The number of para-hydroxylation sites is 1. The Morgan fingerprint density at radius 2 is 1.44 bits per heavy atom. The smallest absolute Gasteiger partial charge is 0.408 e. The van der Waals surface area contributed by atoms with Crippen molar-refractivity contribution in [1.82, 2.24) is 10.2 Å². The summed E-state index contributed by atoms with van der Waals surface area (Å²) in [6, 6.07) is 20.1. The van der Waals surface area contributed by atoms with E-state index in [1.54, 1.807) is 45.0 Å². The SMILES string of the molecule is C#Cc1ccccc1C(C(=O)Nc1c(C)cccc1C)N(C(=O)C(Cc1ccccc1)NC(=O)OC(C)(C)C)C(C)(C)C. The van der Waals surface area contributed by atoms with Gasteiger partial charge in [-0.05, 0) is 83.7 Å². The number of alkyl carbamates (subject to hydrolysis) is 1. The first-order valence-corrected chi connectivity index (χ1v) is 14.4. The third kappa shape index (κ3) is 8.71. The van der Waals surface area contributed by atoms with Gasteiger partial charge in [-0.2, -0.15) is 0 Å². The van der Waals surface area contributed by atoms with Crippen LogP contribution in [0.5, 0.6) is 0 Å². The predicted octanol–water partition coefficient (Wildman–Crippen LogP) is 6.73. The Kier molecular flexibility index (Phi) is 10.4. The molecule has 0 fully saturated rings. The maximum absolute atomic E-state index is 14.7. The molecule has 0 saturated carbocycles. The molecular formula is C36H43N3O4. The summed E-state index contributed by atoms with van der Waals surface area (Å²) in [6.45, 7) is 14.7. The molecule has 226 valence electrons. The van der Waals surface area contributed by atoms with Gasteiger partial charge in [0.15, 0.2) is 0 Å². The van der Waals surface area contributed by atoms with Gasteiger partial charge in [-0.25, -0.2) is 4.79 Å². The molecule has 2 N–H and O–H groups in total. The largest absolute Gasteiger partial charge is 0.444 e. The first-order chi connectivity index (χ1) is 20.1. The highest BCUT2D eigenvalue weighted by Gasteiger charge is 2.42. The number of ether oxygens (including phenoxy) is 1. The van der Waals surface area contributed by atoms with Crippen molar-refractivity contribution >= 4 is 23.6 Å². The Bertz CT molecular complexity index is 1470. The Labute approximate surface area is 256 Å². The minimum absolute atomic E-state index is 0.188. The van der Waals surface area contributed by atoms with E-state index in [1.165, 1.54) is 4.90 Å². The monoisotopic (exact) mass is 581 g/mol. The number of carbonyl (C=O) groups is 3. The van der Waals surface area contributed by atoms with E-state index >= 15 is 0 Å². The van der Waals surface area contributed by atoms with E-state index in [-0.39, 0.29) is 6.42 Å². The second-order valence-corrected chi connectivity index (χ2v) is 12.7. The lowest BCUT2D eigenvalue weighted by molar-refractivity contribution is -0.146. The predicted molar refractivity (Wildman–Crippen MR) is 172 cm³/mol. The summed E-state index contributed by atoms with van der Waals surface area (Å²) in [5, 5.41) is 5.87. The summed E-state index contributed by atoms with van der Waals surface area (Å²) in [4.78, 5) is 43.6. The lowest BCUT2D eigenvalue weighted by atomic mass is 9.91. The number of anilines is 1. The number of nitrogens with one attached hydrogen (secondary N) is 2. The number of carbonyl (C=O) groups excluding carboxylic acids is 3. The quantitative estimate of drug-likeness (QED) is 0.289. The maximum Gasteiger partial charge on any atom is 0.408 e. The number of hydrogen-bond acceptors (Lipinski definition) is 4. The average molecular weight is 582 g/mol. The maximum atomic E-state index is 14.7. The van der Waals surface area contributed by atoms with Crippen molar-refractivity contribution in [2.45, 2.75) is 85.0 Å². The van der Waals surface area contributed by atoms with E-state index in [4.69, 9.17) is 11.2 Å². The zero-order valence-corrected chi connectivity index (χ0v) is 26.4. The van der Waals surface area contributed by atoms with Crippen LogP contribution in [0.15, 0.2) is 72.8 Å². The van der Waals surface area contributed by atoms with Gasteiger partial charge < -0.3 is 20.3 Å². The fourth-order valence-corrected chi connectivity index (χ4v) is 4.98. The van der Waals surface area contributed by atoms with Gasteiger partial charge in [-0.3, -0.25) is 9.59 Å². The first kappa shape index (κ1) is 32.9. The third-order valence-electron chi connectivity index (χ3n) is 6.88. The molecule has 2 atom stereocenters. The molecule has 0 radical (unpaired) electrons. The van der Waals surface area contributed by atoms with Crippen molar-refractivity contribution in [3.63, 3.8) is 0 Å². The summed E-state index contributed by atoms with van der Waals surface area (Å²) in [5.41, 5.74) is 2.65. The number of rotatable bonds is 8. The van der Waals surface area contributed by atoms with Crippen molar-refractivity contribution in [1.29, 1.82) is 0 Å². The molecule has 43 heavy (non-hydrogen) atoms. The van der Waals surface area contributed by atoms with E-state index in [2.05, 4.69) is 16.6 Å². The average Bonchev–Trinajstić information content (AvgIpc) is 2.92. The molecule has 7 heteroatoms. The van der Waals surface area contributed by atoms with Crippen molar-refractivity contribution in [2.24, 2.45) is 0 Å². The lowest BCUT2D eigenvalue weighted by Crippen LogP contribution is -2.58. The molecule has 0 aliphatic rings. The van der Waals surface area contributed by atoms with E-state index in [0.29, 0.717) is 16.8 Å². The van der Waals surface area contributed by atoms with E-state index in [0.717, 1.165) is 16.7 Å². The molecule has 0 heterocycles. The normalized spacial score (nSPS) is 12.8. The molecule has 3 aromatic rings. The number of amides is 3. The standard InChI is InChI=1S/C36H43N3O4/c1-10-27-21-14-15-22-28(27)31(32(40)38-30-24(2)17-16-18-25(30)3)39(35(4,5)6)33(41)29(23-26-19-12-11-13-20-26)37-34(42)43-36(7,8)9/h1,11-22,29,31H,23H2,2-9H3,(H,37,42)(H,38,40). The molecule has 0 spiro atoms. The molecule has 0 aliphatic carbocycles. The van der Waals surface area contributed by atoms with E-state index < -0.39 is 41.1 Å². The molecule has 2 unspecified atom stereocenters. The minimum atomic E-state index is -1.11. The van der Waals surface area contributed by atoms with Gasteiger partial charge >= 0.3 is 6.09 Å². The Morgan fingerprint density at radius 1 is 0.860 bits per heavy atom. The molecule has 7 nitrogen and oxygen atoms in total. The topological polar surface area (TPSA) is 87.7 Å². The molecule has 0 aliphatic heterocycles. The summed E-state index contributed by atoms with van der Waals surface area (Å²) in [5.74, 6) is 1.82. The van der Waals surface area contributed by atoms with Crippen LogP contribution in [0.3, 0.4) is 0 Å². The highest BCUT2D eigenvalue weighted by molar-refractivity contribution is 6.00. The second-order valence-electron chi connectivity index (χ2n) is 12.7. The van der Waals surface area contributed by atoms with E-state index in [1.807, 2.05) is 83.1 Å². The Balaban J connectivity index is 2.18. The number of hydrogen-bond donors (Lipinski definition) is 2. The highest BCUT2D eigenvalue weighted by atomic mass is 16.6. The van der Waals surface area contributed by atoms with Crippen LogP contribution >= 0.6 is 0 Å². The van der Waals surface area contributed by atoms with Crippen molar-refractivity contribution in [2.75, 3.05) is 5.32 Å². The van der Waals surface area contributed by atoms with Gasteiger partial charge in [0, 0.05) is 23.2 Å². The summed E-state index contributed by atoms with van der Waals surface area (Å²) < 4.78 is 5.53. The Hall–Kier alpha value is -4.57. The van der Waals surface area contributed by atoms with Crippen LogP contribution in [-0.2, 0) is 20.7 Å². The molecule has 3 amide bonds. The Morgan fingerprint density at radius 3 is 2.00 bits per heavy atom. The summed E-state index contributed by atoms with van der Waals surface area (Å²) in [6.07, 6.45) is 5.36. The number of benzene rings is 3. The highest BCUT2D eigenvalue weighted by Crippen LogP contribution is 2.34. The molecule has 0 saturated heterocycles. The van der Waals surface area contributed by atoms with Gasteiger partial charge in [0.25, 0.3) is 5.91 Å². The summed E-state index contributed by atoms with van der Waals surface area (Å²) >= 11 is 0. The van der Waals surface area contributed by atoms with Crippen molar-refractivity contribution < 1.29 is 19.1 Å². The van der Waals surface area contributed by atoms with Gasteiger partial charge in [-0.15, -0.1) is 6.42 Å². The fraction of sp³-hybridized carbons (Fsp3) is 0.361. The van der Waals surface area contributed by atoms with E-state index in [9.17, 15) is 14.4 Å². The number of nitrogens with zero attached hydrogens (tertiary/aromatic N) is 1. The van der Waals surface area contributed by atoms with Crippen LogP contribution in [0.1, 0.15) is 75.4 Å². The van der Waals surface area contributed by atoms with Crippen LogP contribution in [0.2, 0.25) is 0 Å². The second kappa shape index (κ2) is 13.6. The third-order valence-corrected chi connectivity index (χ3v) is 6.88. The molecule has 3 rings (SSSR count). The summed E-state index contributed by atoms with van der Waals surface area (Å²) in [7, 11) is 0. The van der Waals surface area contributed by atoms with Gasteiger partial charge in [0.05, 0.1) is 0 Å². The number of terminal acetylenes is 1. The minimum Gasteiger partial charge on any atom is -0.444 e. The molecule has 0 aromatic heterocycles. The zero-order chi connectivity index (χ0) is 31.9. The van der Waals surface area contributed by atoms with Crippen molar-refractivity contribution in [3.05, 3.63) is 101 Å². The number of aryl methyl sites for hydroxylation is 2. The first-order valence-electron chi connectivity index (χ1n) is 14.4. The molecule has 0 bridgehead atoms. The molecule has 3 aromatic carbocycles. The zero-order valence-electron chi connectivity index (χ0n) is 26.4. The van der Waals surface area contributed by atoms with Gasteiger partial charge in [0.1, 0.15) is 17.7 Å². The van der Waals surface area contributed by atoms with Crippen LogP contribution in [0, 0.1) is 26.2 Å². The van der Waals surface area contributed by atoms with Gasteiger partial charge in [0.2, 0.25) is 5.91 Å². The van der Waals surface area contributed by atoms with Gasteiger partial charge in [-0.1, -0.05) is 72.7 Å². The molecular weight excluding hydrogens is 538 g/mol.